The Balaban J connectivity index is 2.84. The van der Waals surface area contributed by atoms with E-state index < -0.39 is 9.05 Å². The molecule has 0 aliphatic heterocycles. The predicted octanol–water partition coefficient (Wildman–Crippen LogP) is 3.82. The van der Waals surface area contributed by atoms with Crippen LogP contribution in [0.25, 0.3) is 0 Å². The van der Waals surface area contributed by atoms with Gasteiger partial charge in [-0.25, -0.2) is 8.42 Å². The largest absolute Gasteiger partial charge is 0.350 e. The second-order valence-corrected chi connectivity index (χ2v) is 8.37. The van der Waals surface area contributed by atoms with Gasteiger partial charge in [-0.05, 0) is 43.9 Å². The van der Waals surface area contributed by atoms with Crippen LogP contribution in [0.3, 0.4) is 0 Å². The molecule has 118 valence electrons. The standard InChI is InChI=1S/C14H19Cl2NO3S/c1-9(2)4-5-10(3)17-14(18)11-6-7-12(15)13(8-11)21(16,19)20/h6-10H,4-5H2,1-3H3,(H,17,18). The SMILES string of the molecule is CC(C)CCC(C)NC(=O)c1ccc(Cl)c(S(=O)(=O)Cl)c1. The minimum atomic E-state index is -3.98. The fourth-order valence-corrected chi connectivity index (χ4v) is 3.29. The average Bonchev–Trinajstić information content (AvgIpc) is 2.35. The Morgan fingerprint density at radius 2 is 1.86 bits per heavy atom. The smallest absolute Gasteiger partial charge is 0.262 e. The Morgan fingerprint density at radius 3 is 2.38 bits per heavy atom. The van der Waals surface area contributed by atoms with Crippen molar-refractivity contribution in [2.24, 2.45) is 5.92 Å². The molecule has 0 aliphatic rings. The summed E-state index contributed by atoms with van der Waals surface area (Å²) >= 11 is 5.78. The van der Waals surface area contributed by atoms with Gasteiger partial charge in [0.15, 0.2) is 0 Å². The maximum Gasteiger partial charge on any atom is 0.262 e. The van der Waals surface area contributed by atoms with Crippen LogP contribution < -0.4 is 5.32 Å². The fraction of sp³-hybridized carbons (Fsp3) is 0.500. The van der Waals surface area contributed by atoms with Gasteiger partial charge in [-0.1, -0.05) is 25.4 Å². The third-order valence-corrected chi connectivity index (χ3v) is 4.81. The Hall–Kier alpha value is -0.780. The van der Waals surface area contributed by atoms with Gasteiger partial charge in [-0.2, -0.15) is 0 Å². The number of benzene rings is 1. The van der Waals surface area contributed by atoms with Gasteiger partial charge in [0.2, 0.25) is 0 Å². The average molecular weight is 352 g/mol. The Kier molecular flexibility index (Phi) is 6.50. The Bertz CT molecular complexity index is 615. The first-order chi connectivity index (χ1) is 9.61. The molecule has 0 saturated heterocycles. The third kappa shape index (κ3) is 5.85. The summed E-state index contributed by atoms with van der Waals surface area (Å²) in [5.41, 5.74) is 0.218. The maximum atomic E-state index is 12.1. The molecule has 7 heteroatoms. The lowest BCUT2D eigenvalue weighted by Crippen LogP contribution is -2.32. The quantitative estimate of drug-likeness (QED) is 0.792. The van der Waals surface area contributed by atoms with Gasteiger partial charge >= 0.3 is 0 Å². The minimum absolute atomic E-state index is 0.00518. The number of carbonyl (C=O) groups excluding carboxylic acids is 1. The van der Waals surface area contributed by atoms with Crippen LogP contribution in [-0.2, 0) is 9.05 Å². The number of hydrogen-bond acceptors (Lipinski definition) is 3. The van der Waals surface area contributed by atoms with Crippen LogP contribution in [0.15, 0.2) is 23.1 Å². The summed E-state index contributed by atoms with van der Waals surface area (Å²) in [5.74, 6) is 0.220. The van der Waals surface area contributed by atoms with E-state index in [1.807, 2.05) is 6.92 Å². The monoisotopic (exact) mass is 351 g/mol. The van der Waals surface area contributed by atoms with Crippen molar-refractivity contribution in [3.05, 3.63) is 28.8 Å². The molecule has 0 fully saturated rings. The van der Waals surface area contributed by atoms with E-state index in [-0.39, 0.29) is 27.4 Å². The third-order valence-electron chi connectivity index (χ3n) is 3.01. The molecule has 0 aromatic heterocycles. The molecular weight excluding hydrogens is 333 g/mol. The molecule has 0 saturated carbocycles. The van der Waals surface area contributed by atoms with Crippen molar-refractivity contribution >= 4 is 37.2 Å². The van der Waals surface area contributed by atoms with Gasteiger partial charge in [0.25, 0.3) is 15.0 Å². The lowest BCUT2D eigenvalue weighted by atomic mass is 10.0. The van der Waals surface area contributed by atoms with Crippen molar-refractivity contribution in [3.8, 4) is 0 Å². The van der Waals surface area contributed by atoms with Gasteiger partial charge in [0.1, 0.15) is 4.90 Å². The second-order valence-electron chi connectivity index (χ2n) is 5.43. The highest BCUT2D eigenvalue weighted by atomic mass is 35.7. The van der Waals surface area contributed by atoms with E-state index in [1.54, 1.807) is 0 Å². The molecule has 4 nitrogen and oxygen atoms in total. The molecule has 1 rings (SSSR count). The van der Waals surface area contributed by atoms with Gasteiger partial charge in [-0.3, -0.25) is 4.79 Å². The summed E-state index contributed by atoms with van der Waals surface area (Å²) in [6.07, 6.45) is 1.86. The molecule has 1 aromatic carbocycles. The minimum Gasteiger partial charge on any atom is -0.350 e. The number of nitrogens with one attached hydrogen (secondary N) is 1. The zero-order valence-corrected chi connectivity index (χ0v) is 14.5. The summed E-state index contributed by atoms with van der Waals surface area (Å²) < 4.78 is 22.8. The summed E-state index contributed by atoms with van der Waals surface area (Å²) in [6, 6.07) is 4.02. The van der Waals surface area contributed by atoms with Gasteiger partial charge < -0.3 is 5.32 Å². The number of halogens is 2. The molecule has 1 aromatic rings. The molecule has 0 aliphatic carbocycles. The van der Waals surface area contributed by atoms with Crippen molar-refractivity contribution < 1.29 is 13.2 Å². The van der Waals surface area contributed by atoms with E-state index >= 15 is 0 Å². The highest BCUT2D eigenvalue weighted by Crippen LogP contribution is 2.25. The van der Waals surface area contributed by atoms with Gasteiger partial charge in [0, 0.05) is 22.3 Å². The van der Waals surface area contributed by atoms with Crippen LogP contribution in [0.1, 0.15) is 44.0 Å². The van der Waals surface area contributed by atoms with E-state index in [0.717, 1.165) is 12.8 Å². The Morgan fingerprint density at radius 1 is 1.24 bits per heavy atom. The second kappa shape index (κ2) is 7.47. The summed E-state index contributed by atoms with van der Waals surface area (Å²) in [6.45, 7) is 6.14. The summed E-state index contributed by atoms with van der Waals surface area (Å²) in [4.78, 5) is 11.8. The first-order valence-corrected chi connectivity index (χ1v) is 9.35. The zero-order valence-electron chi connectivity index (χ0n) is 12.2. The number of amides is 1. The molecule has 0 radical (unpaired) electrons. The van der Waals surface area contributed by atoms with E-state index in [2.05, 4.69) is 19.2 Å². The van der Waals surface area contributed by atoms with Crippen LogP contribution in [-0.4, -0.2) is 20.4 Å². The summed E-state index contributed by atoms with van der Waals surface area (Å²) in [7, 11) is 1.31. The van der Waals surface area contributed by atoms with Gasteiger partial charge in [0.05, 0.1) is 5.02 Å². The predicted molar refractivity (Wildman–Crippen MR) is 85.5 cm³/mol. The number of rotatable bonds is 6. The highest BCUT2D eigenvalue weighted by Gasteiger charge is 2.18. The van der Waals surface area contributed by atoms with E-state index in [9.17, 15) is 13.2 Å². The molecule has 1 atom stereocenters. The van der Waals surface area contributed by atoms with Crippen LogP contribution in [0, 0.1) is 5.92 Å². The molecule has 21 heavy (non-hydrogen) atoms. The number of hydrogen-bond donors (Lipinski definition) is 1. The van der Waals surface area contributed by atoms with Crippen LogP contribution in [0.4, 0.5) is 0 Å². The lowest BCUT2D eigenvalue weighted by Gasteiger charge is -2.15. The molecule has 0 bridgehead atoms. The molecule has 1 amide bonds. The van der Waals surface area contributed by atoms with E-state index in [4.69, 9.17) is 22.3 Å². The molecule has 1 unspecified atom stereocenters. The Labute approximate surface area is 135 Å². The first kappa shape index (κ1) is 18.3. The molecule has 0 spiro atoms. The van der Waals surface area contributed by atoms with Crippen molar-refractivity contribution in [1.82, 2.24) is 5.32 Å². The van der Waals surface area contributed by atoms with Crippen LogP contribution in [0.5, 0.6) is 0 Å². The topological polar surface area (TPSA) is 63.2 Å². The molecule has 0 heterocycles. The molecule has 1 N–H and O–H groups in total. The van der Waals surface area contributed by atoms with E-state index in [1.165, 1.54) is 18.2 Å². The number of carbonyl (C=O) groups is 1. The van der Waals surface area contributed by atoms with Crippen molar-refractivity contribution in [2.75, 3.05) is 0 Å². The molecular formula is C14H19Cl2NO3S. The lowest BCUT2D eigenvalue weighted by molar-refractivity contribution is 0.0937. The van der Waals surface area contributed by atoms with Crippen molar-refractivity contribution in [1.29, 1.82) is 0 Å². The zero-order chi connectivity index (χ0) is 16.2. The maximum absolute atomic E-state index is 12.1. The van der Waals surface area contributed by atoms with Crippen molar-refractivity contribution in [3.63, 3.8) is 0 Å². The highest BCUT2D eigenvalue weighted by molar-refractivity contribution is 8.13. The van der Waals surface area contributed by atoms with Crippen LogP contribution in [0.2, 0.25) is 5.02 Å². The van der Waals surface area contributed by atoms with Crippen LogP contribution >= 0.6 is 22.3 Å². The van der Waals surface area contributed by atoms with E-state index in [0.29, 0.717) is 5.92 Å². The summed E-state index contributed by atoms with van der Waals surface area (Å²) in [5, 5.41) is 2.82. The first-order valence-electron chi connectivity index (χ1n) is 6.66. The van der Waals surface area contributed by atoms with Gasteiger partial charge in [-0.15, -0.1) is 0 Å². The van der Waals surface area contributed by atoms with Crippen molar-refractivity contribution in [2.45, 2.75) is 44.6 Å². The normalized spacial score (nSPS) is 13.2. The fourth-order valence-electron chi connectivity index (χ4n) is 1.79.